The van der Waals surface area contributed by atoms with Crippen molar-refractivity contribution in [3.63, 3.8) is 0 Å². The van der Waals surface area contributed by atoms with Crippen LogP contribution >= 0.6 is 0 Å². The summed E-state index contributed by atoms with van der Waals surface area (Å²) in [4.78, 5) is 13.7. The van der Waals surface area contributed by atoms with E-state index in [1.165, 1.54) is 10.5 Å². The van der Waals surface area contributed by atoms with E-state index in [1.807, 2.05) is 18.2 Å². The van der Waals surface area contributed by atoms with Gasteiger partial charge in [-0.1, -0.05) is 6.07 Å². The minimum absolute atomic E-state index is 0.0305. The van der Waals surface area contributed by atoms with Crippen LogP contribution < -0.4 is 20.1 Å². The van der Waals surface area contributed by atoms with Crippen LogP contribution in [-0.4, -0.2) is 20.3 Å². The number of rotatable bonds is 3. The Labute approximate surface area is 135 Å². The standard InChI is InChI=1S/C18H20N2O3/c1-20(13-5-8-14(22-2)9-6-13)18(21)23-15-7-3-12-4-10-17(19)16(12)11-15/h3,5-9,11,17H,4,10,19H2,1-2H3. The summed E-state index contributed by atoms with van der Waals surface area (Å²) in [7, 11) is 3.27. The van der Waals surface area contributed by atoms with E-state index in [2.05, 4.69) is 0 Å². The third-order valence-electron chi connectivity index (χ3n) is 4.18. The molecule has 23 heavy (non-hydrogen) atoms. The van der Waals surface area contributed by atoms with Crippen molar-refractivity contribution in [3.05, 3.63) is 53.6 Å². The highest BCUT2D eigenvalue weighted by molar-refractivity contribution is 5.88. The molecule has 0 radical (unpaired) electrons. The summed E-state index contributed by atoms with van der Waals surface area (Å²) < 4.78 is 10.6. The molecule has 0 aliphatic heterocycles. The molecule has 0 saturated carbocycles. The molecule has 1 aliphatic rings. The van der Waals surface area contributed by atoms with E-state index in [-0.39, 0.29) is 6.04 Å². The fraction of sp³-hybridized carbons (Fsp3) is 0.278. The summed E-state index contributed by atoms with van der Waals surface area (Å²) in [5.74, 6) is 1.26. The second-order valence-corrected chi connectivity index (χ2v) is 5.63. The number of nitrogens with zero attached hydrogens (tertiary/aromatic N) is 1. The van der Waals surface area contributed by atoms with Crippen LogP contribution in [0.2, 0.25) is 0 Å². The molecule has 0 bridgehead atoms. The average molecular weight is 312 g/mol. The Kier molecular flexibility index (Phi) is 4.21. The average Bonchev–Trinajstić information content (AvgIpc) is 2.95. The summed E-state index contributed by atoms with van der Waals surface area (Å²) in [6.07, 6.45) is 1.48. The first-order valence-corrected chi connectivity index (χ1v) is 7.56. The molecule has 5 nitrogen and oxygen atoms in total. The molecule has 2 aromatic carbocycles. The predicted octanol–water partition coefficient (Wildman–Crippen LogP) is 3.28. The molecular weight excluding hydrogens is 292 g/mol. The van der Waals surface area contributed by atoms with Crippen molar-refractivity contribution >= 4 is 11.8 Å². The van der Waals surface area contributed by atoms with Crippen molar-refractivity contribution in [3.8, 4) is 11.5 Å². The fourth-order valence-corrected chi connectivity index (χ4v) is 2.76. The predicted molar refractivity (Wildman–Crippen MR) is 89.1 cm³/mol. The maximum absolute atomic E-state index is 12.3. The minimum Gasteiger partial charge on any atom is -0.497 e. The quantitative estimate of drug-likeness (QED) is 0.944. The van der Waals surface area contributed by atoms with Gasteiger partial charge in [-0.2, -0.15) is 0 Å². The zero-order valence-corrected chi connectivity index (χ0v) is 13.3. The van der Waals surface area contributed by atoms with Gasteiger partial charge in [0.05, 0.1) is 7.11 Å². The van der Waals surface area contributed by atoms with E-state index in [1.54, 1.807) is 38.4 Å². The van der Waals surface area contributed by atoms with Crippen LogP contribution in [0.15, 0.2) is 42.5 Å². The number of amides is 1. The van der Waals surface area contributed by atoms with Crippen LogP contribution in [0, 0.1) is 0 Å². The number of hydrogen-bond acceptors (Lipinski definition) is 4. The van der Waals surface area contributed by atoms with Crippen LogP contribution in [0.5, 0.6) is 11.5 Å². The van der Waals surface area contributed by atoms with Crippen LogP contribution in [0.4, 0.5) is 10.5 Å². The van der Waals surface area contributed by atoms with Gasteiger partial charge in [0, 0.05) is 18.8 Å². The molecule has 2 aromatic rings. The highest BCUT2D eigenvalue weighted by Gasteiger charge is 2.20. The molecule has 5 heteroatoms. The molecule has 1 aliphatic carbocycles. The van der Waals surface area contributed by atoms with Gasteiger partial charge in [0.25, 0.3) is 0 Å². The largest absolute Gasteiger partial charge is 0.497 e. The van der Waals surface area contributed by atoms with Gasteiger partial charge in [-0.05, 0) is 60.4 Å². The first-order chi connectivity index (χ1) is 11.1. The Hall–Kier alpha value is -2.53. The number of ether oxygens (including phenoxy) is 2. The van der Waals surface area contributed by atoms with E-state index in [4.69, 9.17) is 15.2 Å². The van der Waals surface area contributed by atoms with Crippen molar-refractivity contribution in [2.24, 2.45) is 5.73 Å². The Bertz CT molecular complexity index is 713. The van der Waals surface area contributed by atoms with E-state index >= 15 is 0 Å². The molecule has 0 spiro atoms. The van der Waals surface area contributed by atoms with Gasteiger partial charge in [0.15, 0.2) is 0 Å². The number of fused-ring (bicyclic) bond motifs is 1. The Morgan fingerprint density at radius 2 is 1.87 bits per heavy atom. The fourth-order valence-electron chi connectivity index (χ4n) is 2.76. The van der Waals surface area contributed by atoms with E-state index in [0.717, 1.165) is 29.8 Å². The lowest BCUT2D eigenvalue weighted by molar-refractivity contribution is 0.209. The molecule has 2 N–H and O–H groups in total. The molecule has 0 fully saturated rings. The number of carbonyl (C=O) groups excluding carboxylic acids is 1. The third kappa shape index (κ3) is 3.14. The number of methoxy groups -OCH3 is 1. The van der Waals surface area contributed by atoms with E-state index in [9.17, 15) is 4.79 Å². The van der Waals surface area contributed by atoms with Gasteiger partial charge >= 0.3 is 6.09 Å². The monoisotopic (exact) mass is 312 g/mol. The first-order valence-electron chi connectivity index (χ1n) is 7.56. The zero-order valence-electron chi connectivity index (χ0n) is 13.3. The zero-order chi connectivity index (χ0) is 16.4. The van der Waals surface area contributed by atoms with Crippen LogP contribution in [0.1, 0.15) is 23.6 Å². The second kappa shape index (κ2) is 6.30. The maximum atomic E-state index is 12.3. The SMILES string of the molecule is COc1ccc(N(C)C(=O)Oc2ccc3c(c2)C(N)CC3)cc1. The molecule has 0 saturated heterocycles. The minimum atomic E-state index is -0.443. The molecular formula is C18H20N2O3. The molecule has 1 amide bonds. The number of nitrogens with two attached hydrogens (primary N) is 1. The topological polar surface area (TPSA) is 64.8 Å². The van der Waals surface area contributed by atoms with Gasteiger partial charge in [-0.15, -0.1) is 0 Å². The Morgan fingerprint density at radius 3 is 2.57 bits per heavy atom. The van der Waals surface area contributed by atoms with Crippen molar-refractivity contribution in [1.82, 2.24) is 0 Å². The van der Waals surface area contributed by atoms with E-state index < -0.39 is 6.09 Å². The van der Waals surface area contributed by atoms with Crippen LogP contribution in [0.3, 0.4) is 0 Å². The summed E-state index contributed by atoms with van der Waals surface area (Å²) in [5.41, 5.74) is 9.10. The Morgan fingerprint density at radius 1 is 1.17 bits per heavy atom. The molecule has 1 unspecified atom stereocenters. The number of carbonyl (C=O) groups is 1. The molecule has 1 atom stereocenters. The smallest absolute Gasteiger partial charge is 0.419 e. The van der Waals surface area contributed by atoms with Gasteiger partial charge in [0.1, 0.15) is 11.5 Å². The summed E-state index contributed by atoms with van der Waals surface area (Å²) >= 11 is 0. The number of hydrogen-bond donors (Lipinski definition) is 1. The van der Waals surface area contributed by atoms with Crippen LogP contribution in [0.25, 0.3) is 0 Å². The lowest BCUT2D eigenvalue weighted by atomic mass is 10.1. The molecule has 0 aromatic heterocycles. The van der Waals surface area contributed by atoms with Crippen LogP contribution in [-0.2, 0) is 6.42 Å². The van der Waals surface area contributed by atoms with Crippen molar-refractivity contribution in [1.29, 1.82) is 0 Å². The lowest BCUT2D eigenvalue weighted by Crippen LogP contribution is -2.29. The van der Waals surface area contributed by atoms with Gasteiger partial charge < -0.3 is 15.2 Å². The lowest BCUT2D eigenvalue weighted by Gasteiger charge is -2.17. The van der Waals surface area contributed by atoms with Crippen molar-refractivity contribution in [2.75, 3.05) is 19.1 Å². The molecule has 3 rings (SSSR count). The normalized spacial score (nSPS) is 15.9. The highest BCUT2D eigenvalue weighted by atomic mass is 16.6. The van der Waals surface area contributed by atoms with Crippen molar-refractivity contribution < 1.29 is 14.3 Å². The first kappa shape index (κ1) is 15.4. The second-order valence-electron chi connectivity index (χ2n) is 5.63. The van der Waals surface area contributed by atoms with Gasteiger partial charge in [-0.3, -0.25) is 4.90 Å². The number of anilines is 1. The summed E-state index contributed by atoms with van der Waals surface area (Å²) in [6, 6.07) is 12.9. The number of aryl methyl sites for hydroxylation is 1. The summed E-state index contributed by atoms with van der Waals surface area (Å²) in [5, 5.41) is 0. The van der Waals surface area contributed by atoms with Gasteiger partial charge in [-0.25, -0.2) is 4.79 Å². The Balaban J connectivity index is 1.72. The van der Waals surface area contributed by atoms with E-state index in [0.29, 0.717) is 5.75 Å². The summed E-state index contributed by atoms with van der Waals surface area (Å²) in [6.45, 7) is 0. The molecule has 120 valence electrons. The number of benzene rings is 2. The van der Waals surface area contributed by atoms with Gasteiger partial charge in [0.2, 0.25) is 0 Å². The third-order valence-corrected chi connectivity index (χ3v) is 4.18. The maximum Gasteiger partial charge on any atom is 0.419 e. The van der Waals surface area contributed by atoms with Crippen molar-refractivity contribution in [2.45, 2.75) is 18.9 Å². The molecule has 0 heterocycles. The highest BCUT2D eigenvalue weighted by Crippen LogP contribution is 2.32.